The Morgan fingerprint density at radius 3 is 2.82 bits per heavy atom. The Hall–Kier alpha value is -1.53. The third-order valence-electron chi connectivity index (χ3n) is 4.82. The van der Waals surface area contributed by atoms with Gasteiger partial charge in [0.15, 0.2) is 5.29 Å². The first-order chi connectivity index (χ1) is 10.2. The summed E-state index contributed by atoms with van der Waals surface area (Å²) in [4.78, 5) is 12.4. The Bertz CT molecular complexity index is 617. The molecule has 0 saturated heterocycles. The van der Waals surface area contributed by atoms with Gasteiger partial charge in [0.2, 0.25) is 0 Å². The lowest BCUT2D eigenvalue weighted by atomic mass is 10.1. The van der Waals surface area contributed by atoms with Gasteiger partial charge in [-0.25, -0.2) is 0 Å². The van der Waals surface area contributed by atoms with E-state index in [1.807, 2.05) is 20.8 Å². The monoisotopic (exact) mass is 322 g/mol. The molecule has 0 aromatic carbocycles. The summed E-state index contributed by atoms with van der Waals surface area (Å²) in [6, 6.07) is 0. The van der Waals surface area contributed by atoms with Gasteiger partial charge in [0.25, 0.3) is 0 Å². The maximum atomic E-state index is 12.9. The van der Waals surface area contributed by atoms with Crippen molar-refractivity contribution in [3.05, 3.63) is 34.7 Å². The molecule has 0 radical (unpaired) electrons. The minimum absolute atomic E-state index is 0.225. The number of hydrogen-bond donors (Lipinski definition) is 0. The van der Waals surface area contributed by atoms with Crippen LogP contribution >= 0.6 is 11.6 Å². The van der Waals surface area contributed by atoms with E-state index in [0.29, 0.717) is 12.8 Å². The van der Waals surface area contributed by atoms with Crippen LogP contribution in [0, 0.1) is 29.6 Å². The van der Waals surface area contributed by atoms with Crippen LogP contribution in [0.3, 0.4) is 0 Å². The van der Waals surface area contributed by atoms with Gasteiger partial charge in [-0.15, -0.1) is 12.3 Å². The van der Waals surface area contributed by atoms with E-state index in [9.17, 15) is 9.18 Å². The van der Waals surface area contributed by atoms with Gasteiger partial charge in [0.1, 0.15) is 6.10 Å². The molecule has 0 N–H and O–H groups in total. The van der Waals surface area contributed by atoms with Crippen molar-refractivity contribution in [2.24, 2.45) is 17.3 Å². The molecular formula is C18H20ClFO2. The van der Waals surface area contributed by atoms with Crippen LogP contribution in [0.2, 0.25) is 0 Å². The molecule has 0 spiro atoms. The number of hydrogen-bond acceptors (Lipinski definition) is 2. The van der Waals surface area contributed by atoms with Gasteiger partial charge in [-0.1, -0.05) is 32.0 Å². The van der Waals surface area contributed by atoms with Gasteiger partial charge in [0, 0.05) is 18.8 Å². The third-order valence-corrected chi connectivity index (χ3v) is 4.95. The van der Waals surface area contributed by atoms with Gasteiger partial charge >= 0.3 is 5.97 Å². The molecule has 0 aromatic heterocycles. The van der Waals surface area contributed by atoms with Crippen LogP contribution in [0.15, 0.2) is 34.7 Å². The summed E-state index contributed by atoms with van der Waals surface area (Å²) in [5.74, 6) is 1.69. The molecule has 22 heavy (non-hydrogen) atoms. The number of esters is 1. The second-order valence-electron chi connectivity index (χ2n) is 6.56. The predicted molar refractivity (Wildman–Crippen MR) is 85.6 cm³/mol. The van der Waals surface area contributed by atoms with Crippen molar-refractivity contribution in [1.82, 2.24) is 0 Å². The van der Waals surface area contributed by atoms with Crippen LogP contribution in [0.4, 0.5) is 4.39 Å². The zero-order valence-corrected chi connectivity index (χ0v) is 13.8. The molecule has 1 saturated carbocycles. The van der Waals surface area contributed by atoms with E-state index in [-0.39, 0.29) is 29.3 Å². The second-order valence-corrected chi connectivity index (χ2v) is 6.92. The lowest BCUT2D eigenvalue weighted by Crippen LogP contribution is -2.20. The zero-order chi connectivity index (χ0) is 16.7. The minimum atomic E-state index is -0.782. The first-order valence-electron chi connectivity index (χ1n) is 7.24. The van der Waals surface area contributed by atoms with Crippen molar-refractivity contribution in [2.75, 3.05) is 0 Å². The highest BCUT2D eigenvalue weighted by atomic mass is 35.5. The third kappa shape index (κ3) is 2.98. The Morgan fingerprint density at radius 1 is 1.64 bits per heavy atom. The number of carbonyl (C=O) groups excluding carboxylic acids is 1. The summed E-state index contributed by atoms with van der Waals surface area (Å²) in [6.07, 6.45) is 7.39. The van der Waals surface area contributed by atoms with Crippen LogP contribution in [-0.2, 0) is 9.53 Å². The molecule has 0 heterocycles. The molecule has 0 amide bonds. The number of halogens is 2. The van der Waals surface area contributed by atoms with Gasteiger partial charge in [0.05, 0.1) is 5.92 Å². The van der Waals surface area contributed by atoms with E-state index in [0.717, 1.165) is 16.7 Å². The summed E-state index contributed by atoms with van der Waals surface area (Å²) in [5, 5.41) is -0.782. The second kappa shape index (κ2) is 5.93. The van der Waals surface area contributed by atoms with Crippen LogP contribution in [-0.4, -0.2) is 12.1 Å². The summed E-state index contributed by atoms with van der Waals surface area (Å²) in [5.41, 5.74) is 2.55. The van der Waals surface area contributed by atoms with Crippen LogP contribution < -0.4 is 0 Å². The summed E-state index contributed by atoms with van der Waals surface area (Å²) in [6.45, 7) is 9.70. The molecule has 1 fully saturated rings. The summed E-state index contributed by atoms with van der Waals surface area (Å²) in [7, 11) is 0. The largest absolute Gasteiger partial charge is 0.457 e. The van der Waals surface area contributed by atoms with Crippen molar-refractivity contribution in [3.8, 4) is 12.3 Å². The zero-order valence-electron chi connectivity index (χ0n) is 13.1. The van der Waals surface area contributed by atoms with E-state index in [4.69, 9.17) is 22.8 Å². The van der Waals surface area contributed by atoms with Crippen molar-refractivity contribution in [3.63, 3.8) is 0 Å². The Kier molecular flexibility index (Phi) is 4.54. The number of rotatable bonds is 4. The molecule has 118 valence electrons. The van der Waals surface area contributed by atoms with E-state index in [1.165, 1.54) is 6.08 Å². The Balaban J connectivity index is 2.07. The van der Waals surface area contributed by atoms with Crippen LogP contribution in [0.5, 0.6) is 0 Å². The van der Waals surface area contributed by atoms with E-state index in [1.54, 1.807) is 0 Å². The highest BCUT2D eigenvalue weighted by molar-refractivity contribution is 6.28. The summed E-state index contributed by atoms with van der Waals surface area (Å²) < 4.78 is 18.5. The molecule has 2 aliphatic rings. The molecular weight excluding hydrogens is 303 g/mol. The highest BCUT2D eigenvalue weighted by Gasteiger charge is 2.62. The molecule has 0 bridgehead atoms. The first kappa shape index (κ1) is 16.8. The molecule has 2 rings (SSSR count). The van der Waals surface area contributed by atoms with E-state index >= 15 is 0 Å². The Labute approximate surface area is 136 Å². The average Bonchev–Trinajstić information content (AvgIpc) is 2.83. The van der Waals surface area contributed by atoms with Crippen molar-refractivity contribution >= 4 is 17.6 Å². The standard InChI is InChI=1S/C18H20ClFO2/c1-6-7-12-10(2)8-14(11(12)3)22-17(21)16-13(9-15(19)20)18(16,4)5/h1,9,13-14,16H,2,7-8H2,3-5H3/t13-,14-,16+/m0/s1. The van der Waals surface area contributed by atoms with Crippen LogP contribution in [0.1, 0.15) is 33.6 Å². The molecule has 0 unspecified atom stereocenters. The van der Waals surface area contributed by atoms with E-state index in [2.05, 4.69) is 12.5 Å². The molecule has 2 aliphatic carbocycles. The maximum Gasteiger partial charge on any atom is 0.310 e. The number of allylic oxidation sites excluding steroid dienone is 2. The molecule has 3 atom stereocenters. The number of terminal acetylenes is 1. The number of ether oxygens (including phenoxy) is 1. The SMILES string of the molecule is C#CCC1=C(C)[C@@H](OC(=O)[C@H]2[C@H](C=C(F)Cl)C2(C)C)CC1=C. The molecule has 0 aliphatic heterocycles. The van der Waals surface area contributed by atoms with Gasteiger partial charge in [-0.3, -0.25) is 4.79 Å². The molecule has 2 nitrogen and oxygen atoms in total. The maximum absolute atomic E-state index is 12.9. The topological polar surface area (TPSA) is 26.3 Å². The fraction of sp³-hybridized carbons (Fsp3) is 0.500. The summed E-state index contributed by atoms with van der Waals surface area (Å²) >= 11 is 5.28. The molecule has 4 heteroatoms. The fourth-order valence-corrected chi connectivity index (χ4v) is 3.39. The molecule has 0 aromatic rings. The smallest absolute Gasteiger partial charge is 0.310 e. The van der Waals surface area contributed by atoms with E-state index < -0.39 is 5.29 Å². The van der Waals surface area contributed by atoms with Crippen molar-refractivity contribution in [2.45, 2.75) is 39.7 Å². The first-order valence-corrected chi connectivity index (χ1v) is 7.62. The Morgan fingerprint density at radius 2 is 2.27 bits per heavy atom. The fourth-order valence-electron chi connectivity index (χ4n) is 3.26. The van der Waals surface area contributed by atoms with Crippen molar-refractivity contribution in [1.29, 1.82) is 0 Å². The minimum Gasteiger partial charge on any atom is -0.457 e. The predicted octanol–water partition coefficient (Wildman–Crippen LogP) is 4.52. The lowest BCUT2D eigenvalue weighted by Gasteiger charge is -2.14. The van der Waals surface area contributed by atoms with Gasteiger partial charge < -0.3 is 4.74 Å². The number of carbonyl (C=O) groups is 1. The van der Waals surface area contributed by atoms with Crippen molar-refractivity contribution < 1.29 is 13.9 Å². The van der Waals surface area contributed by atoms with Gasteiger partial charge in [-0.05, 0) is 35.1 Å². The normalized spacial score (nSPS) is 30.3. The van der Waals surface area contributed by atoms with Crippen LogP contribution in [0.25, 0.3) is 0 Å². The van der Waals surface area contributed by atoms with Gasteiger partial charge in [-0.2, -0.15) is 4.39 Å². The average molecular weight is 323 g/mol. The lowest BCUT2D eigenvalue weighted by molar-refractivity contribution is -0.149. The quantitative estimate of drug-likeness (QED) is 0.562. The highest BCUT2D eigenvalue weighted by Crippen LogP contribution is 2.60.